The van der Waals surface area contributed by atoms with Crippen LogP contribution in [0.4, 0.5) is 11.4 Å². The fourth-order valence-corrected chi connectivity index (χ4v) is 6.93. The van der Waals surface area contributed by atoms with Crippen molar-refractivity contribution < 1.29 is 29.4 Å². The third kappa shape index (κ3) is 8.58. The van der Waals surface area contributed by atoms with E-state index in [1.54, 1.807) is 60.7 Å². The minimum atomic E-state index is -1.20. The number of thioether (sulfide) groups is 2. The van der Waals surface area contributed by atoms with Gasteiger partial charge in [0, 0.05) is 20.9 Å². The zero-order chi connectivity index (χ0) is 33.1. The summed E-state index contributed by atoms with van der Waals surface area (Å²) in [6.45, 7) is 4.08. The molecule has 0 aliphatic heterocycles. The molecule has 236 valence electrons. The van der Waals surface area contributed by atoms with Crippen LogP contribution in [0.25, 0.3) is 0 Å². The summed E-state index contributed by atoms with van der Waals surface area (Å²) in [5.41, 5.74) is 1.01. The summed E-state index contributed by atoms with van der Waals surface area (Å²) >= 11 is 2.73. The summed E-state index contributed by atoms with van der Waals surface area (Å²) in [5.74, 6) is -1.81. The van der Waals surface area contributed by atoms with E-state index in [0.717, 1.165) is 25.7 Å². The number of carbonyl (C=O) groups is 4. The topological polar surface area (TPSA) is 133 Å². The van der Waals surface area contributed by atoms with Gasteiger partial charge in [-0.05, 0) is 48.6 Å². The summed E-state index contributed by atoms with van der Waals surface area (Å²) in [7, 11) is 0. The molecule has 0 radical (unpaired) electrons. The maximum Gasteiger partial charge on any atom is 0.335 e. The minimum absolute atomic E-state index is 0.00627. The fourth-order valence-electron chi connectivity index (χ4n) is 4.52. The van der Waals surface area contributed by atoms with Crippen molar-refractivity contribution >= 4 is 58.4 Å². The third-order valence-corrected chi connectivity index (χ3v) is 9.21. The Morgan fingerprint density at radius 2 is 0.935 bits per heavy atom. The maximum atomic E-state index is 13.9. The van der Waals surface area contributed by atoms with Crippen LogP contribution in [0.3, 0.4) is 0 Å². The number of ketones is 2. The van der Waals surface area contributed by atoms with Crippen molar-refractivity contribution in [1.82, 2.24) is 0 Å². The van der Waals surface area contributed by atoms with Crippen LogP contribution >= 0.6 is 23.5 Å². The van der Waals surface area contributed by atoms with Crippen molar-refractivity contribution in [3.05, 3.63) is 118 Å². The Morgan fingerprint density at radius 1 is 0.565 bits per heavy atom. The summed E-state index contributed by atoms with van der Waals surface area (Å²) < 4.78 is 0. The largest absolute Gasteiger partial charge is 0.478 e. The predicted octanol–water partition coefficient (Wildman–Crippen LogP) is 9.74. The normalized spacial score (nSPS) is 11.1. The zero-order valence-corrected chi connectivity index (χ0v) is 27.2. The van der Waals surface area contributed by atoms with E-state index in [2.05, 4.69) is 10.2 Å². The molecule has 0 fully saturated rings. The van der Waals surface area contributed by atoms with Gasteiger partial charge in [-0.1, -0.05) is 87.4 Å². The molecule has 2 N–H and O–H groups in total. The van der Waals surface area contributed by atoms with Crippen molar-refractivity contribution in [3.8, 4) is 0 Å². The Hall–Kier alpha value is -4.54. The first kappa shape index (κ1) is 34.3. The Balaban J connectivity index is 1.96. The second-order valence-electron chi connectivity index (χ2n) is 10.3. The molecular formula is C36H34N2O6S2. The Morgan fingerprint density at radius 3 is 1.26 bits per heavy atom. The van der Waals surface area contributed by atoms with Gasteiger partial charge in [-0.25, -0.2) is 9.59 Å². The minimum Gasteiger partial charge on any atom is -0.478 e. The van der Waals surface area contributed by atoms with E-state index in [0.29, 0.717) is 32.4 Å². The molecule has 0 saturated carbocycles. The molecule has 4 rings (SSSR count). The molecule has 0 saturated heterocycles. The number of nitrogens with zero attached hydrogens (tertiary/aromatic N) is 2. The molecule has 0 unspecified atom stereocenters. The Labute approximate surface area is 276 Å². The average Bonchev–Trinajstić information content (AvgIpc) is 3.07. The molecule has 0 heterocycles. The van der Waals surface area contributed by atoms with Gasteiger partial charge >= 0.3 is 11.9 Å². The summed E-state index contributed by atoms with van der Waals surface area (Å²) in [5, 5.41) is 28.7. The van der Waals surface area contributed by atoms with E-state index >= 15 is 0 Å². The van der Waals surface area contributed by atoms with E-state index in [1.165, 1.54) is 47.8 Å². The highest BCUT2D eigenvalue weighted by molar-refractivity contribution is 7.99. The van der Waals surface area contributed by atoms with E-state index in [4.69, 9.17) is 0 Å². The molecular weight excluding hydrogens is 621 g/mol. The number of unbranched alkanes of at least 4 members (excludes halogenated alkanes) is 2. The third-order valence-electron chi connectivity index (χ3n) is 6.96. The van der Waals surface area contributed by atoms with Gasteiger partial charge in [0.15, 0.2) is 11.6 Å². The van der Waals surface area contributed by atoms with E-state index < -0.39 is 11.9 Å². The van der Waals surface area contributed by atoms with Crippen LogP contribution in [0.2, 0.25) is 0 Å². The summed E-state index contributed by atoms with van der Waals surface area (Å²) in [6, 6.07) is 22.7. The van der Waals surface area contributed by atoms with Gasteiger partial charge in [0.05, 0.1) is 33.6 Å². The molecule has 4 aromatic carbocycles. The van der Waals surface area contributed by atoms with Gasteiger partial charge < -0.3 is 10.2 Å². The van der Waals surface area contributed by atoms with Crippen molar-refractivity contribution in [3.63, 3.8) is 0 Å². The predicted molar refractivity (Wildman–Crippen MR) is 182 cm³/mol. The van der Waals surface area contributed by atoms with Crippen LogP contribution in [0.5, 0.6) is 0 Å². The fraction of sp³-hybridized carbons (Fsp3) is 0.222. The van der Waals surface area contributed by atoms with Gasteiger partial charge in [-0.3, -0.25) is 9.59 Å². The number of carbonyl (C=O) groups excluding carboxylic acids is 2. The zero-order valence-electron chi connectivity index (χ0n) is 25.6. The van der Waals surface area contributed by atoms with Gasteiger partial charge in [0.25, 0.3) is 0 Å². The van der Waals surface area contributed by atoms with Crippen LogP contribution in [0, 0.1) is 0 Å². The first-order valence-corrected chi connectivity index (χ1v) is 16.9. The molecule has 0 spiro atoms. The smallest absolute Gasteiger partial charge is 0.335 e. The van der Waals surface area contributed by atoms with Crippen molar-refractivity contribution in [1.29, 1.82) is 0 Å². The molecule has 4 aromatic rings. The lowest BCUT2D eigenvalue weighted by Gasteiger charge is -2.14. The van der Waals surface area contributed by atoms with Crippen molar-refractivity contribution in [2.45, 2.75) is 49.3 Å². The van der Waals surface area contributed by atoms with Crippen LogP contribution in [-0.2, 0) is 0 Å². The highest BCUT2D eigenvalue weighted by Gasteiger charge is 2.24. The maximum absolute atomic E-state index is 13.9. The lowest BCUT2D eigenvalue weighted by Crippen LogP contribution is -2.07. The molecule has 0 aliphatic rings. The van der Waals surface area contributed by atoms with Gasteiger partial charge in [0.1, 0.15) is 0 Å². The number of benzene rings is 4. The number of hydrogen-bond donors (Lipinski definition) is 2. The lowest BCUT2D eigenvalue weighted by atomic mass is 9.99. The number of hydrogen-bond acceptors (Lipinski definition) is 8. The molecule has 10 heteroatoms. The van der Waals surface area contributed by atoms with Crippen LogP contribution < -0.4 is 0 Å². The second kappa shape index (κ2) is 16.7. The van der Waals surface area contributed by atoms with Crippen LogP contribution in [0.1, 0.15) is 92.1 Å². The first-order chi connectivity index (χ1) is 22.2. The number of aromatic carboxylic acids is 2. The van der Waals surface area contributed by atoms with Crippen LogP contribution in [0.15, 0.2) is 105 Å². The van der Waals surface area contributed by atoms with Gasteiger partial charge in [0.2, 0.25) is 0 Å². The highest BCUT2D eigenvalue weighted by Crippen LogP contribution is 2.39. The molecule has 0 amide bonds. The van der Waals surface area contributed by atoms with E-state index in [-0.39, 0.29) is 45.2 Å². The lowest BCUT2D eigenvalue weighted by molar-refractivity contribution is 0.0685. The standard InChI is InChI=1S/C36H34N2O6S2/c1-3-5-17-45-29-21-25(35(41)42)19-27(31(29)33(39)23-13-9-7-10-14-23)37-38-28-20-26(36(43)44)22-30(46-18-6-4-2)32(28)34(40)24-15-11-8-12-16-24/h7-16,19-22H,3-6,17-18H2,1-2H3,(H,41,42)(H,43,44). The second-order valence-corrected chi connectivity index (χ2v) is 12.6. The van der Waals surface area contributed by atoms with E-state index in [9.17, 15) is 29.4 Å². The Kier molecular flexibility index (Phi) is 12.4. The molecule has 0 atom stereocenters. The number of carboxylic acids is 2. The highest BCUT2D eigenvalue weighted by atomic mass is 32.2. The molecule has 0 bridgehead atoms. The molecule has 0 aliphatic carbocycles. The van der Waals surface area contributed by atoms with Crippen LogP contribution in [-0.4, -0.2) is 45.2 Å². The number of rotatable bonds is 16. The Bertz CT molecular complexity index is 1630. The monoisotopic (exact) mass is 654 g/mol. The molecule has 46 heavy (non-hydrogen) atoms. The number of azo groups is 1. The molecule has 0 aromatic heterocycles. The quantitative estimate of drug-likeness (QED) is 0.0528. The number of carboxylic acid groups (broad SMARTS) is 2. The first-order valence-electron chi connectivity index (χ1n) is 14.9. The van der Waals surface area contributed by atoms with Gasteiger partial charge in [-0.2, -0.15) is 0 Å². The SMILES string of the molecule is CCCCSc1cc(C(=O)O)cc(N=Nc2cc(C(=O)O)cc(SCCCC)c2C(=O)c2ccccc2)c1C(=O)c1ccccc1. The van der Waals surface area contributed by atoms with Crippen molar-refractivity contribution in [2.75, 3.05) is 11.5 Å². The average molecular weight is 655 g/mol. The van der Waals surface area contributed by atoms with E-state index in [1.807, 2.05) is 13.8 Å². The summed E-state index contributed by atoms with van der Waals surface area (Å²) in [4.78, 5) is 53.1. The van der Waals surface area contributed by atoms with Crippen molar-refractivity contribution in [2.24, 2.45) is 10.2 Å². The molecule has 8 nitrogen and oxygen atoms in total. The van der Waals surface area contributed by atoms with Gasteiger partial charge in [-0.15, -0.1) is 33.8 Å². The summed E-state index contributed by atoms with van der Waals surface area (Å²) in [6.07, 6.45) is 3.53.